The number of nitrogens with one attached hydrogen (secondary N) is 1. The predicted molar refractivity (Wildman–Crippen MR) is 77.7 cm³/mol. The standard InChI is InChI=1S/C12H14N2O5S2/c1-8-3-4-10(19-8)12-13-9(7-20-12)11(15)14-21(16,17)6-5-18-2/h3-4,7H,5-6H2,1-2H3,(H,14,15). The van der Waals surface area contributed by atoms with Gasteiger partial charge in [-0.15, -0.1) is 11.3 Å². The first-order valence-electron chi connectivity index (χ1n) is 5.97. The zero-order valence-electron chi connectivity index (χ0n) is 11.5. The monoisotopic (exact) mass is 330 g/mol. The van der Waals surface area contributed by atoms with Crippen molar-refractivity contribution in [1.82, 2.24) is 9.71 Å². The molecule has 0 saturated heterocycles. The Bertz CT molecular complexity index is 732. The molecule has 0 bridgehead atoms. The number of aromatic nitrogens is 1. The van der Waals surface area contributed by atoms with Gasteiger partial charge in [0.2, 0.25) is 10.0 Å². The summed E-state index contributed by atoms with van der Waals surface area (Å²) in [5.74, 6) is 0.216. The summed E-state index contributed by atoms with van der Waals surface area (Å²) in [5.41, 5.74) is 0.0324. The summed E-state index contributed by atoms with van der Waals surface area (Å²) < 4.78 is 35.2. The lowest BCUT2D eigenvalue weighted by molar-refractivity contribution is 0.0977. The molecule has 0 spiro atoms. The van der Waals surface area contributed by atoms with Crippen LogP contribution >= 0.6 is 11.3 Å². The smallest absolute Gasteiger partial charge is 0.284 e. The maximum atomic E-state index is 11.9. The number of furan rings is 1. The molecule has 21 heavy (non-hydrogen) atoms. The number of nitrogens with zero attached hydrogens (tertiary/aromatic N) is 1. The Balaban J connectivity index is 2.09. The molecule has 114 valence electrons. The Morgan fingerprint density at radius 2 is 2.24 bits per heavy atom. The first-order valence-corrected chi connectivity index (χ1v) is 8.50. The van der Waals surface area contributed by atoms with Gasteiger partial charge >= 0.3 is 0 Å². The van der Waals surface area contributed by atoms with Crippen LogP contribution < -0.4 is 4.72 Å². The van der Waals surface area contributed by atoms with Gasteiger partial charge in [-0.05, 0) is 19.1 Å². The van der Waals surface area contributed by atoms with Gasteiger partial charge in [-0.25, -0.2) is 18.1 Å². The minimum atomic E-state index is -3.73. The molecule has 2 aromatic rings. The van der Waals surface area contributed by atoms with Crippen molar-refractivity contribution in [2.45, 2.75) is 6.92 Å². The van der Waals surface area contributed by atoms with E-state index >= 15 is 0 Å². The van der Waals surface area contributed by atoms with Gasteiger partial charge in [-0.3, -0.25) is 4.79 Å². The molecule has 0 aromatic carbocycles. The van der Waals surface area contributed by atoms with Crippen LogP contribution in [0.25, 0.3) is 10.8 Å². The quantitative estimate of drug-likeness (QED) is 0.860. The third-order valence-corrected chi connectivity index (χ3v) is 4.55. The van der Waals surface area contributed by atoms with E-state index in [0.717, 1.165) is 5.76 Å². The molecule has 0 aliphatic heterocycles. The number of rotatable bonds is 6. The second-order valence-electron chi connectivity index (χ2n) is 4.19. The van der Waals surface area contributed by atoms with Crippen molar-refractivity contribution in [2.75, 3.05) is 19.5 Å². The first kappa shape index (κ1) is 15.7. The molecule has 0 aliphatic carbocycles. The Hall–Kier alpha value is -1.71. The molecule has 0 unspecified atom stereocenters. The molecular weight excluding hydrogens is 316 g/mol. The predicted octanol–water partition coefficient (Wildman–Crippen LogP) is 1.42. The summed E-state index contributed by atoms with van der Waals surface area (Å²) in [4.78, 5) is 15.9. The number of hydrogen-bond acceptors (Lipinski definition) is 7. The molecule has 0 radical (unpaired) electrons. The van der Waals surface area contributed by atoms with Crippen LogP contribution in [-0.4, -0.2) is 38.8 Å². The second kappa shape index (κ2) is 6.37. The van der Waals surface area contributed by atoms with E-state index in [1.54, 1.807) is 19.1 Å². The summed E-state index contributed by atoms with van der Waals surface area (Å²) >= 11 is 1.20. The Morgan fingerprint density at radius 1 is 1.48 bits per heavy atom. The van der Waals surface area contributed by atoms with Gasteiger partial charge in [0, 0.05) is 12.5 Å². The van der Waals surface area contributed by atoms with Crippen molar-refractivity contribution in [1.29, 1.82) is 0 Å². The number of methoxy groups -OCH3 is 1. The van der Waals surface area contributed by atoms with Crippen LogP contribution in [0.3, 0.4) is 0 Å². The molecule has 0 fully saturated rings. The fraction of sp³-hybridized carbons (Fsp3) is 0.333. The minimum Gasteiger partial charge on any atom is -0.459 e. The number of aryl methyl sites for hydroxylation is 1. The van der Waals surface area contributed by atoms with Gasteiger partial charge in [-0.1, -0.05) is 0 Å². The van der Waals surface area contributed by atoms with E-state index in [4.69, 9.17) is 4.42 Å². The highest BCUT2D eigenvalue weighted by atomic mass is 32.2. The molecule has 2 aromatic heterocycles. The lowest BCUT2D eigenvalue weighted by Gasteiger charge is -2.04. The number of thiazole rings is 1. The van der Waals surface area contributed by atoms with E-state index in [-0.39, 0.29) is 18.1 Å². The van der Waals surface area contributed by atoms with Crippen molar-refractivity contribution in [3.63, 3.8) is 0 Å². The number of amides is 1. The van der Waals surface area contributed by atoms with Gasteiger partial charge in [0.25, 0.3) is 5.91 Å². The lowest BCUT2D eigenvalue weighted by Crippen LogP contribution is -2.33. The highest BCUT2D eigenvalue weighted by Crippen LogP contribution is 2.25. The normalized spacial score (nSPS) is 11.5. The Labute approximate surface area is 126 Å². The average Bonchev–Trinajstić information content (AvgIpc) is 3.04. The second-order valence-corrected chi connectivity index (χ2v) is 6.89. The fourth-order valence-corrected chi connectivity index (χ4v) is 3.11. The van der Waals surface area contributed by atoms with Gasteiger partial charge < -0.3 is 9.15 Å². The molecule has 9 heteroatoms. The largest absolute Gasteiger partial charge is 0.459 e. The molecule has 1 amide bonds. The molecule has 0 saturated carbocycles. The zero-order chi connectivity index (χ0) is 15.5. The van der Waals surface area contributed by atoms with Crippen molar-refractivity contribution < 1.29 is 22.4 Å². The van der Waals surface area contributed by atoms with Gasteiger partial charge in [0.15, 0.2) is 10.8 Å². The summed E-state index contributed by atoms with van der Waals surface area (Å²) in [6.07, 6.45) is 0. The molecule has 0 aliphatic rings. The van der Waals surface area contributed by atoms with Crippen molar-refractivity contribution in [3.8, 4) is 10.8 Å². The van der Waals surface area contributed by atoms with Crippen LogP contribution in [0.15, 0.2) is 21.9 Å². The number of ether oxygens (including phenoxy) is 1. The highest BCUT2D eigenvalue weighted by molar-refractivity contribution is 7.90. The van der Waals surface area contributed by atoms with Gasteiger partial charge in [0.1, 0.15) is 11.5 Å². The number of carbonyl (C=O) groups is 1. The maximum absolute atomic E-state index is 11.9. The van der Waals surface area contributed by atoms with Crippen LogP contribution in [-0.2, 0) is 14.8 Å². The van der Waals surface area contributed by atoms with Crippen molar-refractivity contribution in [2.24, 2.45) is 0 Å². The third-order valence-electron chi connectivity index (χ3n) is 2.49. The molecule has 2 rings (SSSR count). The lowest BCUT2D eigenvalue weighted by atomic mass is 10.4. The van der Waals surface area contributed by atoms with E-state index < -0.39 is 15.9 Å². The minimum absolute atomic E-state index is 0.0105. The maximum Gasteiger partial charge on any atom is 0.284 e. The summed E-state index contributed by atoms with van der Waals surface area (Å²) in [6, 6.07) is 3.52. The number of carbonyl (C=O) groups excluding carboxylic acids is 1. The molecular formula is C12H14N2O5S2. The van der Waals surface area contributed by atoms with Crippen molar-refractivity contribution in [3.05, 3.63) is 29.0 Å². The van der Waals surface area contributed by atoms with Crippen LogP contribution in [0.4, 0.5) is 0 Å². The van der Waals surface area contributed by atoms with Crippen LogP contribution in [0.2, 0.25) is 0 Å². The summed E-state index contributed by atoms with van der Waals surface area (Å²) in [6.45, 7) is 1.81. The topological polar surface area (TPSA) is 98.5 Å². The zero-order valence-corrected chi connectivity index (χ0v) is 13.1. The van der Waals surface area contributed by atoms with Crippen LogP contribution in [0.5, 0.6) is 0 Å². The molecule has 2 heterocycles. The van der Waals surface area contributed by atoms with Crippen LogP contribution in [0.1, 0.15) is 16.2 Å². The van der Waals surface area contributed by atoms with Crippen LogP contribution in [0, 0.1) is 6.92 Å². The average molecular weight is 330 g/mol. The molecule has 0 atom stereocenters. The van der Waals surface area contributed by atoms with E-state index in [1.165, 1.54) is 23.8 Å². The first-order chi connectivity index (χ1) is 9.91. The third kappa shape index (κ3) is 4.13. The molecule has 7 nitrogen and oxygen atoms in total. The van der Waals surface area contributed by atoms with E-state index in [9.17, 15) is 13.2 Å². The van der Waals surface area contributed by atoms with E-state index in [1.807, 2.05) is 4.72 Å². The summed E-state index contributed by atoms with van der Waals surface area (Å²) in [5, 5.41) is 2.00. The van der Waals surface area contributed by atoms with Gasteiger partial charge in [0.05, 0.1) is 12.4 Å². The molecule has 1 N–H and O–H groups in total. The summed E-state index contributed by atoms with van der Waals surface area (Å²) in [7, 11) is -2.34. The fourth-order valence-electron chi connectivity index (χ4n) is 1.48. The Morgan fingerprint density at radius 3 is 2.86 bits per heavy atom. The Kier molecular flexibility index (Phi) is 4.76. The van der Waals surface area contributed by atoms with E-state index in [0.29, 0.717) is 10.8 Å². The van der Waals surface area contributed by atoms with E-state index in [2.05, 4.69) is 9.72 Å². The van der Waals surface area contributed by atoms with Crippen molar-refractivity contribution >= 4 is 27.3 Å². The SMILES string of the molecule is COCCS(=O)(=O)NC(=O)c1csc(-c2ccc(C)o2)n1. The van der Waals surface area contributed by atoms with Gasteiger partial charge in [-0.2, -0.15) is 0 Å². The number of sulfonamides is 1. The highest BCUT2D eigenvalue weighted by Gasteiger charge is 2.19. The number of hydrogen-bond donors (Lipinski definition) is 1.